The van der Waals surface area contributed by atoms with E-state index in [4.69, 9.17) is 0 Å². The van der Waals surface area contributed by atoms with Crippen molar-refractivity contribution >= 4 is 5.97 Å². The molecule has 0 radical (unpaired) electrons. The minimum atomic E-state index is -1.48. The van der Waals surface area contributed by atoms with Gasteiger partial charge >= 0.3 is 5.97 Å². The summed E-state index contributed by atoms with van der Waals surface area (Å²) in [5.74, 6) is -0.700. The summed E-state index contributed by atoms with van der Waals surface area (Å²) in [6, 6.07) is 3.35. The molecule has 0 unspecified atom stereocenters. The molecule has 0 aliphatic carbocycles. The van der Waals surface area contributed by atoms with Crippen molar-refractivity contribution in [2.24, 2.45) is 0 Å². The highest BCUT2D eigenvalue weighted by Gasteiger charge is 2.42. The van der Waals surface area contributed by atoms with Gasteiger partial charge in [-0.25, -0.2) is 0 Å². The molecule has 1 rings (SSSR count). The quantitative estimate of drug-likeness (QED) is 0.693. The minimum absolute atomic E-state index is 0.301. The topological polar surface area (TPSA) is 79.7 Å². The molecule has 2 N–H and O–H groups in total. The lowest BCUT2D eigenvalue weighted by Gasteiger charge is -2.25. The lowest BCUT2D eigenvalue weighted by atomic mass is 9.85. The molecule has 5 nitrogen and oxygen atoms in total. The van der Waals surface area contributed by atoms with Gasteiger partial charge in [-0.2, -0.15) is 0 Å². The van der Waals surface area contributed by atoms with Crippen LogP contribution in [-0.4, -0.2) is 41.5 Å². The van der Waals surface area contributed by atoms with Crippen LogP contribution in [-0.2, 0) is 14.9 Å². The Hall–Kier alpha value is -1.46. The van der Waals surface area contributed by atoms with Crippen LogP contribution in [0.2, 0.25) is 0 Å². The molecule has 0 saturated heterocycles. The Kier molecular flexibility index (Phi) is 3.98. The van der Waals surface area contributed by atoms with Crippen molar-refractivity contribution in [2.75, 3.05) is 20.3 Å². The third kappa shape index (κ3) is 2.05. The number of aryl methyl sites for hydroxylation is 1. The Morgan fingerprint density at radius 3 is 2.44 bits per heavy atom. The van der Waals surface area contributed by atoms with Crippen molar-refractivity contribution in [3.63, 3.8) is 0 Å². The van der Waals surface area contributed by atoms with Crippen LogP contribution in [0.15, 0.2) is 18.3 Å². The van der Waals surface area contributed by atoms with Gasteiger partial charge in [0.05, 0.1) is 26.0 Å². The van der Waals surface area contributed by atoms with Crippen LogP contribution in [0.4, 0.5) is 0 Å². The van der Waals surface area contributed by atoms with Crippen molar-refractivity contribution < 1.29 is 19.7 Å². The molecule has 0 bridgehead atoms. The molecule has 88 valence electrons. The maximum Gasteiger partial charge on any atom is 0.322 e. The fourth-order valence-electron chi connectivity index (χ4n) is 1.39. The number of rotatable bonds is 4. The van der Waals surface area contributed by atoms with Crippen molar-refractivity contribution in [1.29, 1.82) is 0 Å². The second kappa shape index (κ2) is 5.05. The minimum Gasteiger partial charge on any atom is -0.468 e. The fourth-order valence-corrected chi connectivity index (χ4v) is 1.39. The van der Waals surface area contributed by atoms with Crippen LogP contribution < -0.4 is 0 Å². The zero-order chi connectivity index (χ0) is 12.2. The van der Waals surface area contributed by atoms with Gasteiger partial charge < -0.3 is 14.9 Å². The van der Waals surface area contributed by atoms with E-state index in [1.165, 1.54) is 7.11 Å². The number of hydrogen-bond acceptors (Lipinski definition) is 5. The van der Waals surface area contributed by atoms with E-state index in [9.17, 15) is 15.0 Å². The average molecular weight is 225 g/mol. The molecule has 0 fully saturated rings. The SMILES string of the molecule is COC(=O)C(CO)(CO)c1ccc(C)cn1. The first-order valence-corrected chi connectivity index (χ1v) is 4.84. The highest BCUT2D eigenvalue weighted by atomic mass is 16.5. The standard InChI is InChI=1S/C11H15NO4/c1-8-3-4-9(12-5-8)11(6-13,7-14)10(15)16-2/h3-5,13-14H,6-7H2,1-2H3. The van der Waals surface area contributed by atoms with Gasteiger partial charge in [0.2, 0.25) is 0 Å². The summed E-state index contributed by atoms with van der Waals surface area (Å²) in [5, 5.41) is 18.6. The van der Waals surface area contributed by atoms with E-state index in [1.807, 2.05) is 6.92 Å². The molecule has 0 saturated carbocycles. The lowest BCUT2D eigenvalue weighted by molar-refractivity contribution is -0.151. The average Bonchev–Trinajstić information content (AvgIpc) is 2.33. The first kappa shape index (κ1) is 12.6. The predicted octanol–water partition coefficient (Wildman–Crippen LogP) is -0.215. The summed E-state index contributed by atoms with van der Waals surface area (Å²) in [6.45, 7) is 0.757. The Labute approximate surface area is 93.7 Å². The molecule has 1 aromatic heterocycles. The van der Waals surface area contributed by atoms with Crippen LogP contribution in [0, 0.1) is 6.92 Å². The highest BCUT2D eigenvalue weighted by molar-refractivity contribution is 5.83. The first-order chi connectivity index (χ1) is 7.60. The third-order valence-electron chi connectivity index (χ3n) is 2.52. The van der Waals surface area contributed by atoms with Gasteiger partial charge in [0, 0.05) is 6.20 Å². The van der Waals surface area contributed by atoms with Crippen molar-refractivity contribution in [3.8, 4) is 0 Å². The Bertz CT molecular complexity index is 357. The van der Waals surface area contributed by atoms with Gasteiger partial charge in [-0.3, -0.25) is 9.78 Å². The van der Waals surface area contributed by atoms with Crippen LogP contribution in [0.1, 0.15) is 11.3 Å². The summed E-state index contributed by atoms with van der Waals surface area (Å²) in [6.07, 6.45) is 1.57. The molecule has 0 spiro atoms. The van der Waals surface area contributed by atoms with Gasteiger partial charge in [-0.05, 0) is 18.6 Å². The molecule has 1 aromatic rings. The smallest absolute Gasteiger partial charge is 0.322 e. The van der Waals surface area contributed by atoms with E-state index >= 15 is 0 Å². The molecule has 0 aliphatic rings. The number of carbonyl (C=O) groups excluding carboxylic acids is 1. The van der Waals surface area contributed by atoms with Gasteiger partial charge in [0.25, 0.3) is 0 Å². The van der Waals surface area contributed by atoms with E-state index in [-0.39, 0.29) is 0 Å². The van der Waals surface area contributed by atoms with Gasteiger partial charge in [0.1, 0.15) is 0 Å². The number of aliphatic hydroxyl groups is 2. The number of esters is 1. The third-order valence-corrected chi connectivity index (χ3v) is 2.52. The summed E-state index contributed by atoms with van der Waals surface area (Å²) in [4.78, 5) is 15.6. The Balaban J connectivity index is 3.20. The molecule has 1 heterocycles. The van der Waals surface area contributed by atoms with Crippen LogP contribution in [0.25, 0.3) is 0 Å². The predicted molar refractivity (Wildman–Crippen MR) is 56.8 cm³/mol. The number of aliphatic hydroxyl groups excluding tert-OH is 2. The van der Waals surface area contributed by atoms with Gasteiger partial charge in [-0.15, -0.1) is 0 Å². The molecule has 16 heavy (non-hydrogen) atoms. The number of carbonyl (C=O) groups is 1. The fraction of sp³-hybridized carbons (Fsp3) is 0.455. The van der Waals surface area contributed by atoms with Crippen molar-refractivity contribution in [2.45, 2.75) is 12.3 Å². The molecule has 0 aliphatic heterocycles. The summed E-state index contributed by atoms with van der Waals surface area (Å²) in [5.41, 5.74) is -0.254. The molecular formula is C11H15NO4. The number of aromatic nitrogens is 1. The molecule has 0 amide bonds. The summed E-state index contributed by atoms with van der Waals surface area (Å²) < 4.78 is 4.58. The number of ether oxygens (including phenoxy) is 1. The second-order valence-electron chi connectivity index (χ2n) is 3.61. The number of methoxy groups -OCH3 is 1. The van der Waals surface area contributed by atoms with E-state index in [0.717, 1.165) is 5.56 Å². The Morgan fingerprint density at radius 1 is 1.44 bits per heavy atom. The molecule has 5 heteroatoms. The highest BCUT2D eigenvalue weighted by Crippen LogP contribution is 2.23. The number of hydrogen-bond donors (Lipinski definition) is 2. The van der Waals surface area contributed by atoms with Gasteiger partial charge in [-0.1, -0.05) is 6.07 Å². The van der Waals surface area contributed by atoms with Crippen LogP contribution >= 0.6 is 0 Å². The van der Waals surface area contributed by atoms with E-state index < -0.39 is 24.6 Å². The molecular weight excluding hydrogens is 210 g/mol. The second-order valence-corrected chi connectivity index (χ2v) is 3.61. The zero-order valence-corrected chi connectivity index (χ0v) is 9.30. The van der Waals surface area contributed by atoms with Crippen LogP contribution in [0.3, 0.4) is 0 Å². The monoisotopic (exact) mass is 225 g/mol. The summed E-state index contributed by atoms with van der Waals surface area (Å²) >= 11 is 0. The van der Waals surface area contributed by atoms with Crippen molar-refractivity contribution in [1.82, 2.24) is 4.98 Å². The largest absolute Gasteiger partial charge is 0.468 e. The van der Waals surface area contributed by atoms with Gasteiger partial charge in [0.15, 0.2) is 5.41 Å². The Morgan fingerprint density at radius 2 is 2.06 bits per heavy atom. The maximum absolute atomic E-state index is 11.6. The van der Waals surface area contributed by atoms with E-state index in [0.29, 0.717) is 5.69 Å². The zero-order valence-electron chi connectivity index (χ0n) is 9.30. The normalized spacial score (nSPS) is 11.2. The van der Waals surface area contributed by atoms with Crippen LogP contribution in [0.5, 0.6) is 0 Å². The van der Waals surface area contributed by atoms with E-state index in [2.05, 4.69) is 9.72 Å². The number of nitrogens with zero attached hydrogens (tertiary/aromatic N) is 1. The maximum atomic E-state index is 11.6. The summed E-state index contributed by atoms with van der Waals surface area (Å²) in [7, 11) is 1.20. The number of pyridine rings is 1. The lowest BCUT2D eigenvalue weighted by Crippen LogP contribution is -2.44. The van der Waals surface area contributed by atoms with Crippen molar-refractivity contribution in [3.05, 3.63) is 29.6 Å². The molecule has 0 atom stereocenters. The van der Waals surface area contributed by atoms with E-state index in [1.54, 1.807) is 18.3 Å². The first-order valence-electron chi connectivity index (χ1n) is 4.84. The molecule has 0 aromatic carbocycles.